The number of pyridine rings is 2. The molecule has 2 N–H and O–H groups in total. The summed E-state index contributed by atoms with van der Waals surface area (Å²) in [6.07, 6.45) is 8.85. The van der Waals surface area contributed by atoms with Gasteiger partial charge < -0.3 is 19.8 Å². The Balaban J connectivity index is 1.45. The van der Waals surface area contributed by atoms with Crippen LogP contribution >= 0.6 is 0 Å². The van der Waals surface area contributed by atoms with Gasteiger partial charge in [0, 0.05) is 48.6 Å². The minimum atomic E-state index is -0.418. The first-order chi connectivity index (χ1) is 14.2. The van der Waals surface area contributed by atoms with E-state index in [4.69, 9.17) is 9.47 Å². The zero-order valence-electron chi connectivity index (χ0n) is 15.9. The molecule has 0 amide bonds. The number of aromatic amines is 1. The second-order valence-electron chi connectivity index (χ2n) is 6.35. The lowest BCUT2D eigenvalue weighted by Crippen LogP contribution is -2.06. The number of aromatic nitrogens is 5. The molecule has 0 aliphatic heterocycles. The first-order valence-corrected chi connectivity index (χ1v) is 8.89. The van der Waals surface area contributed by atoms with Crippen molar-refractivity contribution in [2.75, 3.05) is 19.5 Å². The highest BCUT2D eigenvalue weighted by Crippen LogP contribution is 2.23. The molecule has 0 aliphatic carbocycles. The van der Waals surface area contributed by atoms with Crippen molar-refractivity contribution in [1.29, 1.82) is 0 Å². The minimum absolute atomic E-state index is 0.220. The van der Waals surface area contributed by atoms with E-state index < -0.39 is 5.82 Å². The number of anilines is 1. The van der Waals surface area contributed by atoms with Crippen LogP contribution in [0.25, 0.3) is 11.0 Å². The third-order valence-corrected chi connectivity index (χ3v) is 4.48. The van der Waals surface area contributed by atoms with Crippen molar-refractivity contribution in [2.24, 2.45) is 0 Å². The maximum absolute atomic E-state index is 13.9. The van der Waals surface area contributed by atoms with Crippen molar-refractivity contribution in [3.63, 3.8) is 0 Å². The molecule has 9 heteroatoms. The van der Waals surface area contributed by atoms with Crippen LogP contribution in [-0.4, -0.2) is 39.1 Å². The first kappa shape index (κ1) is 18.6. The van der Waals surface area contributed by atoms with E-state index in [1.807, 2.05) is 12.3 Å². The van der Waals surface area contributed by atoms with Crippen molar-refractivity contribution >= 4 is 17.0 Å². The van der Waals surface area contributed by atoms with Crippen LogP contribution in [0, 0.1) is 5.82 Å². The largest absolute Gasteiger partial charge is 0.495 e. The number of ether oxygens (including phenoxy) is 2. The lowest BCUT2D eigenvalue weighted by Gasteiger charge is -2.08. The molecular weight excluding hydrogens is 375 g/mol. The maximum atomic E-state index is 13.9. The SMILES string of the molecule is COc1cnc2[nH]cc(Cc3cnc(NCc4cc(OC)ncc4F)nc3)c2c1. The van der Waals surface area contributed by atoms with E-state index in [1.165, 1.54) is 13.2 Å². The predicted octanol–water partition coefficient (Wildman–Crippen LogP) is 3.11. The highest BCUT2D eigenvalue weighted by atomic mass is 19.1. The van der Waals surface area contributed by atoms with E-state index in [0.29, 0.717) is 29.6 Å². The predicted molar refractivity (Wildman–Crippen MR) is 106 cm³/mol. The lowest BCUT2D eigenvalue weighted by atomic mass is 10.1. The number of fused-ring (bicyclic) bond motifs is 1. The summed E-state index contributed by atoms with van der Waals surface area (Å²) in [5.41, 5.74) is 3.23. The molecule has 8 nitrogen and oxygen atoms in total. The van der Waals surface area contributed by atoms with Gasteiger partial charge in [0.2, 0.25) is 11.8 Å². The Morgan fingerprint density at radius 1 is 0.966 bits per heavy atom. The van der Waals surface area contributed by atoms with Gasteiger partial charge in [0.25, 0.3) is 0 Å². The quantitative estimate of drug-likeness (QED) is 0.497. The van der Waals surface area contributed by atoms with Gasteiger partial charge in [-0.2, -0.15) is 0 Å². The van der Waals surface area contributed by atoms with Gasteiger partial charge in [0.05, 0.1) is 26.6 Å². The van der Waals surface area contributed by atoms with E-state index in [-0.39, 0.29) is 6.54 Å². The highest BCUT2D eigenvalue weighted by Gasteiger charge is 2.09. The molecule has 0 bridgehead atoms. The van der Waals surface area contributed by atoms with Crippen molar-refractivity contribution < 1.29 is 13.9 Å². The van der Waals surface area contributed by atoms with E-state index in [2.05, 4.69) is 30.2 Å². The Hall–Kier alpha value is -3.75. The topological polar surface area (TPSA) is 97.8 Å². The van der Waals surface area contributed by atoms with Gasteiger partial charge >= 0.3 is 0 Å². The number of H-pyrrole nitrogens is 1. The lowest BCUT2D eigenvalue weighted by molar-refractivity contribution is 0.395. The van der Waals surface area contributed by atoms with Crippen LogP contribution in [0.5, 0.6) is 11.6 Å². The summed E-state index contributed by atoms with van der Waals surface area (Å²) in [6, 6.07) is 3.48. The summed E-state index contributed by atoms with van der Waals surface area (Å²) in [4.78, 5) is 19.9. The summed E-state index contributed by atoms with van der Waals surface area (Å²) in [5.74, 6) is 1.04. The summed E-state index contributed by atoms with van der Waals surface area (Å²) in [5, 5.41) is 4.00. The fourth-order valence-electron chi connectivity index (χ4n) is 2.93. The van der Waals surface area contributed by atoms with Crippen molar-refractivity contribution in [2.45, 2.75) is 13.0 Å². The molecule has 4 aromatic rings. The third-order valence-electron chi connectivity index (χ3n) is 4.48. The minimum Gasteiger partial charge on any atom is -0.495 e. The molecule has 0 saturated carbocycles. The molecule has 0 saturated heterocycles. The van der Waals surface area contributed by atoms with Gasteiger partial charge in [-0.1, -0.05) is 0 Å². The van der Waals surface area contributed by atoms with Gasteiger partial charge in [-0.05, 0) is 17.2 Å². The molecule has 0 spiro atoms. The number of methoxy groups -OCH3 is 2. The molecular formula is C20H19FN6O2. The number of nitrogens with one attached hydrogen (secondary N) is 2. The van der Waals surface area contributed by atoms with Gasteiger partial charge in [-0.25, -0.2) is 24.3 Å². The van der Waals surface area contributed by atoms with Gasteiger partial charge in [-0.3, -0.25) is 0 Å². The molecule has 0 aliphatic rings. The smallest absolute Gasteiger partial charge is 0.222 e. The molecule has 4 rings (SSSR count). The van der Waals surface area contributed by atoms with E-state index in [0.717, 1.165) is 28.4 Å². The molecule has 0 aromatic carbocycles. The van der Waals surface area contributed by atoms with Crippen molar-refractivity contribution in [3.8, 4) is 11.6 Å². The second-order valence-corrected chi connectivity index (χ2v) is 6.35. The molecule has 29 heavy (non-hydrogen) atoms. The molecule has 0 radical (unpaired) electrons. The number of rotatable bonds is 7. The average molecular weight is 394 g/mol. The number of halogens is 1. The Morgan fingerprint density at radius 3 is 2.55 bits per heavy atom. The standard InChI is InChI=1S/C20H19FN6O2/c1-28-15-5-16-13(8-23-19(16)24-10-15)3-12-6-25-20(26-7-12)27-9-14-4-18(29-2)22-11-17(14)21/h4-8,10-11H,3,9H2,1-2H3,(H,23,24)(H,25,26,27). The average Bonchev–Trinajstić information content (AvgIpc) is 3.16. The van der Waals surface area contributed by atoms with E-state index in [1.54, 1.807) is 25.7 Å². The summed E-state index contributed by atoms with van der Waals surface area (Å²) in [6.45, 7) is 0.220. The number of hydrogen-bond donors (Lipinski definition) is 2. The Bertz CT molecular complexity index is 1130. The highest BCUT2D eigenvalue weighted by molar-refractivity contribution is 5.81. The zero-order chi connectivity index (χ0) is 20.2. The first-order valence-electron chi connectivity index (χ1n) is 8.89. The van der Waals surface area contributed by atoms with E-state index >= 15 is 0 Å². The van der Waals surface area contributed by atoms with Crippen LogP contribution in [0.15, 0.2) is 43.1 Å². The number of nitrogens with zero attached hydrogens (tertiary/aromatic N) is 4. The zero-order valence-corrected chi connectivity index (χ0v) is 15.9. The van der Waals surface area contributed by atoms with Crippen LogP contribution in [0.3, 0.4) is 0 Å². The number of hydrogen-bond acceptors (Lipinski definition) is 7. The third kappa shape index (κ3) is 4.08. The Kier molecular flexibility index (Phi) is 5.19. The molecule has 4 heterocycles. The molecule has 148 valence electrons. The molecule has 0 atom stereocenters. The van der Waals surface area contributed by atoms with Gasteiger partial charge in [0.1, 0.15) is 17.2 Å². The fourth-order valence-corrected chi connectivity index (χ4v) is 2.93. The Labute approximate surface area is 166 Å². The Morgan fingerprint density at radius 2 is 1.79 bits per heavy atom. The monoisotopic (exact) mass is 394 g/mol. The molecule has 0 unspecified atom stereocenters. The summed E-state index contributed by atoms with van der Waals surface area (Å²) >= 11 is 0. The van der Waals surface area contributed by atoms with Crippen molar-refractivity contribution in [1.82, 2.24) is 24.9 Å². The molecule has 4 aromatic heterocycles. The summed E-state index contributed by atoms with van der Waals surface area (Å²) in [7, 11) is 3.10. The van der Waals surface area contributed by atoms with Crippen LogP contribution < -0.4 is 14.8 Å². The second kappa shape index (κ2) is 8.09. The molecule has 0 fully saturated rings. The fraction of sp³-hybridized carbons (Fsp3) is 0.200. The van der Waals surface area contributed by atoms with Crippen molar-refractivity contribution in [3.05, 3.63) is 65.6 Å². The normalized spacial score (nSPS) is 10.9. The van der Waals surface area contributed by atoms with Crippen LogP contribution in [0.1, 0.15) is 16.7 Å². The van der Waals surface area contributed by atoms with E-state index in [9.17, 15) is 4.39 Å². The van der Waals surface area contributed by atoms with Gasteiger partial charge in [0.15, 0.2) is 0 Å². The maximum Gasteiger partial charge on any atom is 0.222 e. The van der Waals surface area contributed by atoms with Crippen LogP contribution in [0.2, 0.25) is 0 Å². The summed E-state index contributed by atoms with van der Waals surface area (Å²) < 4.78 is 24.1. The van der Waals surface area contributed by atoms with Gasteiger partial charge in [-0.15, -0.1) is 0 Å². The van der Waals surface area contributed by atoms with Crippen LogP contribution in [0.4, 0.5) is 10.3 Å². The van der Waals surface area contributed by atoms with Crippen LogP contribution in [-0.2, 0) is 13.0 Å².